The van der Waals surface area contributed by atoms with Crippen LogP contribution in [0.25, 0.3) is 0 Å². The van der Waals surface area contributed by atoms with Crippen LogP contribution >= 0.6 is 0 Å². The van der Waals surface area contributed by atoms with Crippen molar-refractivity contribution >= 4 is 0 Å². The predicted octanol–water partition coefficient (Wildman–Crippen LogP) is 4.40. The van der Waals surface area contributed by atoms with Gasteiger partial charge in [0.25, 0.3) is 0 Å². The van der Waals surface area contributed by atoms with Crippen molar-refractivity contribution in [2.75, 3.05) is 26.7 Å². The zero-order valence-corrected chi connectivity index (χ0v) is 16.4. The number of ether oxygens (including phenoxy) is 1. The molecule has 0 amide bonds. The molecule has 0 aromatic heterocycles. The monoisotopic (exact) mass is 372 g/mol. The molecule has 2 aromatic rings. The van der Waals surface area contributed by atoms with Gasteiger partial charge >= 0.3 is 0 Å². The normalized spacial score (nSPS) is 15.7. The van der Waals surface area contributed by atoms with Gasteiger partial charge in [-0.05, 0) is 62.5 Å². The molecule has 0 spiro atoms. The highest BCUT2D eigenvalue weighted by molar-refractivity contribution is 5.18. The van der Waals surface area contributed by atoms with Crippen LogP contribution in [-0.4, -0.2) is 37.7 Å². The molecule has 2 aromatic carbocycles. The number of nitrogens with two attached hydrogens (primary N) is 1. The van der Waals surface area contributed by atoms with E-state index >= 15 is 0 Å². The molecule has 1 atom stereocenters. The van der Waals surface area contributed by atoms with Crippen molar-refractivity contribution in [1.29, 1.82) is 0 Å². The molecule has 3 nitrogen and oxygen atoms in total. The average Bonchev–Trinajstić information content (AvgIpc) is 2.71. The Kier molecular flexibility index (Phi) is 10.1. The highest BCUT2D eigenvalue weighted by atomic mass is 19.1. The summed E-state index contributed by atoms with van der Waals surface area (Å²) in [5.41, 5.74) is 8.06. The number of piperidine rings is 1. The third-order valence-electron chi connectivity index (χ3n) is 4.86. The summed E-state index contributed by atoms with van der Waals surface area (Å²) in [5.74, 6) is -0.133. The van der Waals surface area contributed by atoms with Gasteiger partial charge in [0.15, 0.2) is 0 Å². The van der Waals surface area contributed by atoms with Crippen molar-refractivity contribution in [3.05, 3.63) is 71.5 Å². The molecule has 2 N–H and O–H groups in total. The molecular formula is C23H33FN2O. The van der Waals surface area contributed by atoms with Gasteiger partial charge in [-0.25, -0.2) is 4.39 Å². The second-order valence-corrected chi connectivity index (χ2v) is 7.17. The van der Waals surface area contributed by atoms with Gasteiger partial charge in [-0.1, -0.05) is 55.0 Å². The number of methoxy groups -OCH3 is 1. The predicted molar refractivity (Wildman–Crippen MR) is 110 cm³/mol. The van der Waals surface area contributed by atoms with E-state index < -0.39 is 0 Å². The summed E-state index contributed by atoms with van der Waals surface area (Å²) in [6, 6.07) is 17.1. The lowest BCUT2D eigenvalue weighted by Gasteiger charge is -2.27. The third kappa shape index (κ3) is 8.65. The lowest BCUT2D eigenvalue weighted by Crippen LogP contribution is -2.35. The quantitative estimate of drug-likeness (QED) is 0.783. The lowest BCUT2D eigenvalue weighted by molar-refractivity contribution is 0.185. The van der Waals surface area contributed by atoms with Crippen molar-refractivity contribution in [2.24, 2.45) is 5.73 Å². The van der Waals surface area contributed by atoms with Gasteiger partial charge < -0.3 is 15.4 Å². The maximum absolute atomic E-state index is 13.5. The highest BCUT2D eigenvalue weighted by Gasteiger charge is 2.13. The Labute approximate surface area is 163 Å². The van der Waals surface area contributed by atoms with Gasteiger partial charge in [-0.15, -0.1) is 0 Å². The molecule has 1 aliphatic heterocycles. The SMILES string of the molecule is COCc1ccccc1.NC(CCN1CCCCC1)Cc1ccccc1F. The summed E-state index contributed by atoms with van der Waals surface area (Å²) in [7, 11) is 1.70. The Hall–Kier alpha value is -1.75. The van der Waals surface area contributed by atoms with Crippen molar-refractivity contribution < 1.29 is 9.13 Å². The third-order valence-corrected chi connectivity index (χ3v) is 4.86. The number of nitrogens with zero attached hydrogens (tertiary/aromatic N) is 1. The van der Waals surface area contributed by atoms with Crippen molar-refractivity contribution in [2.45, 2.75) is 44.8 Å². The molecular weight excluding hydrogens is 339 g/mol. The first-order valence-corrected chi connectivity index (χ1v) is 9.93. The molecule has 0 radical (unpaired) electrons. The van der Waals surface area contributed by atoms with Crippen LogP contribution < -0.4 is 5.73 Å². The van der Waals surface area contributed by atoms with Gasteiger partial charge in [0.1, 0.15) is 5.82 Å². The molecule has 148 valence electrons. The van der Waals surface area contributed by atoms with E-state index in [4.69, 9.17) is 10.5 Å². The number of benzene rings is 2. The lowest BCUT2D eigenvalue weighted by atomic mass is 10.0. The van der Waals surface area contributed by atoms with E-state index in [0.29, 0.717) is 13.0 Å². The fourth-order valence-electron chi connectivity index (χ4n) is 3.32. The van der Waals surface area contributed by atoms with Crippen LogP contribution in [0, 0.1) is 5.82 Å². The standard InChI is InChI=1S/C15H23FN2.C8H10O/c16-15-7-3-2-6-13(15)12-14(17)8-11-18-9-4-1-5-10-18;1-9-7-8-5-3-2-4-6-8/h2-3,6-7,14H,1,4-5,8-12,17H2;2-6H,7H2,1H3. The summed E-state index contributed by atoms with van der Waals surface area (Å²) in [6.07, 6.45) is 5.57. The van der Waals surface area contributed by atoms with Gasteiger partial charge in [-0.2, -0.15) is 0 Å². The zero-order chi connectivity index (χ0) is 19.3. The Morgan fingerprint density at radius 2 is 1.67 bits per heavy atom. The fraction of sp³-hybridized carbons (Fsp3) is 0.478. The molecule has 27 heavy (non-hydrogen) atoms. The maximum atomic E-state index is 13.5. The fourth-order valence-corrected chi connectivity index (χ4v) is 3.32. The van der Waals surface area contributed by atoms with E-state index in [9.17, 15) is 4.39 Å². The van der Waals surface area contributed by atoms with Crippen LogP contribution in [0.2, 0.25) is 0 Å². The van der Waals surface area contributed by atoms with Gasteiger partial charge in [0, 0.05) is 13.2 Å². The smallest absolute Gasteiger partial charge is 0.126 e. The van der Waals surface area contributed by atoms with Crippen molar-refractivity contribution in [1.82, 2.24) is 4.90 Å². The van der Waals surface area contributed by atoms with E-state index in [0.717, 1.165) is 18.5 Å². The average molecular weight is 373 g/mol. The minimum absolute atomic E-state index is 0.0591. The van der Waals surface area contributed by atoms with Crippen LogP contribution in [0.15, 0.2) is 54.6 Å². The Morgan fingerprint density at radius 3 is 2.33 bits per heavy atom. The summed E-state index contributed by atoms with van der Waals surface area (Å²) in [6.45, 7) is 4.16. The highest BCUT2D eigenvalue weighted by Crippen LogP contribution is 2.12. The first kappa shape index (κ1) is 21.5. The first-order chi connectivity index (χ1) is 13.2. The number of likely N-dealkylation sites (tertiary alicyclic amines) is 1. The number of hydrogen-bond donors (Lipinski definition) is 1. The number of hydrogen-bond acceptors (Lipinski definition) is 3. The van der Waals surface area contributed by atoms with E-state index in [2.05, 4.69) is 4.90 Å². The van der Waals surface area contributed by atoms with Gasteiger partial charge in [0.05, 0.1) is 6.61 Å². The summed E-state index contributed by atoms with van der Waals surface area (Å²) < 4.78 is 18.4. The van der Waals surface area contributed by atoms with E-state index in [1.165, 1.54) is 44.0 Å². The van der Waals surface area contributed by atoms with Crippen LogP contribution in [0.3, 0.4) is 0 Å². The second kappa shape index (κ2) is 12.6. The largest absolute Gasteiger partial charge is 0.380 e. The first-order valence-electron chi connectivity index (χ1n) is 9.93. The minimum atomic E-state index is -0.133. The number of rotatable bonds is 7. The zero-order valence-electron chi connectivity index (χ0n) is 16.4. The summed E-state index contributed by atoms with van der Waals surface area (Å²) in [5, 5.41) is 0. The molecule has 1 saturated heterocycles. The molecule has 0 bridgehead atoms. The number of halogens is 1. The van der Waals surface area contributed by atoms with Crippen LogP contribution in [0.5, 0.6) is 0 Å². The van der Waals surface area contributed by atoms with Crippen LogP contribution in [0.4, 0.5) is 4.39 Å². The van der Waals surface area contributed by atoms with Crippen LogP contribution in [0.1, 0.15) is 36.8 Å². The van der Waals surface area contributed by atoms with Crippen molar-refractivity contribution in [3.8, 4) is 0 Å². The topological polar surface area (TPSA) is 38.5 Å². The van der Waals surface area contributed by atoms with Crippen LogP contribution in [-0.2, 0) is 17.8 Å². The summed E-state index contributed by atoms with van der Waals surface area (Å²) >= 11 is 0. The minimum Gasteiger partial charge on any atom is -0.380 e. The molecule has 0 saturated carbocycles. The molecule has 1 fully saturated rings. The molecule has 1 aliphatic rings. The van der Waals surface area contributed by atoms with Gasteiger partial charge in [0.2, 0.25) is 0 Å². The molecule has 0 aliphatic carbocycles. The Morgan fingerprint density at radius 1 is 1.00 bits per heavy atom. The van der Waals surface area contributed by atoms with E-state index in [1.54, 1.807) is 13.2 Å². The molecule has 3 rings (SSSR count). The van der Waals surface area contributed by atoms with E-state index in [-0.39, 0.29) is 11.9 Å². The maximum Gasteiger partial charge on any atom is 0.126 e. The van der Waals surface area contributed by atoms with E-state index in [1.807, 2.05) is 42.5 Å². The molecule has 1 heterocycles. The summed E-state index contributed by atoms with van der Waals surface area (Å²) in [4.78, 5) is 2.48. The Bertz CT molecular complexity index is 629. The van der Waals surface area contributed by atoms with Crippen molar-refractivity contribution in [3.63, 3.8) is 0 Å². The Balaban J connectivity index is 0.000000244. The second-order valence-electron chi connectivity index (χ2n) is 7.17. The molecule has 4 heteroatoms. The van der Waals surface area contributed by atoms with Gasteiger partial charge in [-0.3, -0.25) is 0 Å². The molecule has 1 unspecified atom stereocenters.